The van der Waals surface area contributed by atoms with Crippen LogP contribution in [0.25, 0.3) is 0 Å². The molecule has 21 heavy (non-hydrogen) atoms. The molecule has 0 aromatic heterocycles. The largest absolute Gasteiger partial charge is 0.342 e. The summed E-state index contributed by atoms with van der Waals surface area (Å²) >= 11 is 0. The van der Waals surface area contributed by atoms with Gasteiger partial charge in [0.2, 0.25) is 5.91 Å². The lowest BCUT2D eigenvalue weighted by atomic mass is 9.78. The summed E-state index contributed by atoms with van der Waals surface area (Å²) in [5, 5.41) is 0. The van der Waals surface area contributed by atoms with Crippen molar-refractivity contribution in [2.75, 3.05) is 13.1 Å². The molecule has 0 aromatic rings. The molecule has 3 fully saturated rings. The van der Waals surface area contributed by atoms with Crippen molar-refractivity contribution >= 4 is 18.3 Å². The van der Waals surface area contributed by atoms with Gasteiger partial charge in [-0.2, -0.15) is 0 Å². The summed E-state index contributed by atoms with van der Waals surface area (Å²) in [6.07, 6.45) is 12.5. The Morgan fingerprint density at radius 3 is 2.48 bits per heavy atom. The van der Waals surface area contributed by atoms with Crippen molar-refractivity contribution < 1.29 is 4.79 Å². The van der Waals surface area contributed by atoms with Crippen LogP contribution >= 0.6 is 12.4 Å². The number of amides is 1. The Kier molecular flexibility index (Phi) is 6.36. The van der Waals surface area contributed by atoms with E-state index in [1.165, 1.54) is 44.9 Å². The Bertz CT molecular complexity index is 344. The van der Waals surface area contributed by atoms with Crippen LogP contribution in [0.1, 0.15) is 64.2 Å². The second-order valence-electron chi connectivity index (χ2n) is 7.36. The van der Waals surface area contributed by atoms with Crippen LogP contribution in [0.5, 0.6) is 0 Å². The van der Waals surface area contributed by atoms with Crippen LogP contribution in [0.4, 0.5) is 0 Å². The number of nitrogens with two attached hydrogens (primary N) is 1. The van der Waals surface area contributed by atoms with Gasteiger partial charge in [0.25, 0.3) is 0 Å². The molecule has 3 rings (SSSR count). The van der Waals surface area contributed by atoms with Gasteiger partial charge in [0.15, 0.2) is 0 Å². The molecule has 1 heterocycles. The van der Waals surface area contributed by atoms with Crippen LogP contribution in [0.2, 0.25) is 0 Å². The minimum Gasteiger partial charge on any atom is -0.342 e. The summed E-state index contributed by atoms with van der Waals surface area (Å²) in [6, 6.07) is 0.338. The predicted molar refractivity (Wildman–Crippen MR) is 88.4 cm³/mol. The summed E-state index contributed by atoms with van der Waals surface area (Å²) in [4.78, 5) is 14.6. The number of fused-ring (bicyclic) bond motifs is 1. The van der Waals surface area contributed by atoms with Crippen LogP contribution in [-0.4, -0.2) is 29.9 Å². The van der Waals surface area contributed by atoms with Crippen LogP contribution in [0.3, 0.4) is 0 Å². The molecule has 2 N–H and O–H groups in total. The highest BCUT2D eigenvalue weighted by molar-refractivity contribution is 5.85. The van der Waals surface area contributed by atoms with E-state index in [1.807, 2.05) is 0 Å². The molecule has 4 heteroatoms. The van der Waals surface area contributed by atoms with Crippen molar-refractivity contribution in [3.05, 3.63) is 0 Å². The van der Waals surface area contributed by atoms with Crippen molar-refractivity contribution in [3.63, 3.8) is 0 Å². The van der Waals surface area contributed by atoms with Crippen molar-refractivity contribution in [1.29, 1.82) is 0 Å². The van der Waals surface area contributed by atoms with Crippen LogP contribution in [0.15, 0.2) is 0 Å². The zero-order valence-electron chi connectivity index (χ0n) is 13.1. The molecule has 3 unspecified atom stereocenters. The quantitative estimate of drug-likeness (QED) is 0.868. The van der Waals surface area contributed by atoms with Crippen molar-refractivity contribution in [2.24, 2.45) is 23.5 Å². The van der Waals surface area contributed by atoms with E-state index < -0.39 is 0 Å². The first-order valence-corrected chi connectivity index (χ1v) is 8.77. The Hall–Kier alpha value is -0.280. The van der Waals surface area contributed by atoms with Gasteiger partial charge in [0.1, 0.15) is 0 Å². The third-order valence-corrected chi connectivity index (χ3v) is 6.00. The van der Waals surface area contributed by atoms with E-state index in [2.05, 4.69) is 4.90 Å². The van der Waals surface area contributed by atoms with Crippen LogP contribution in [-0.2, 0) is 4.79 Å². The monoisotopic (exact) mass is 314 g/mol. The maximum absolute atomic E-state index is 12.4. The highest BCUT2D eigenvalue weighted by Gasteiger charge is 2.40. The molecule has 2 saturated carbocycles. The van der Waals surface area contributed by atoms with Crippen LogP contribution in [0, 0.1) is 17.8 Å². The van der Waals surface area contributed by atoms with Gasteiger partial charge in [-0.05, 0) is 37.0 Å². The number of carbonyl (C=O) groups excluding carboxylic acids is 1. The van der Waals surface area contributed by atoms with Gasteiger partial charge in [-0.15, -0.1) is 12.4 Å². The van der Waals surface area contributed by atoms with Crippen molar-refractivity contribution in [1.82, 2.24) is 4.90 Å². The first-order chi connectivity index (χ1) is 9.74. The Labute approximate surface area is 135 Å². The SMILES string of the molecule is Cl.NC1CCCC2CN(C(=O)CCC3CCCCC3)CC12. The molecule has 3 aliphatic rings. The Morgan fingerprint density at radius 1 is 1.00 bits per heavy atom. The zero-order chi connectivity index (χ0) is 13.9. The Balaban J connectivity index is 0.00000161. The number of likely N-dealkylation sites (tertiary alicyclic amines) is 1. The molecular formula is C17H31ClN2O. The molecule has 0 spiro atoms. The summed E-state index contributed by atoms with van der Waals surface area (Å²) in [5.41, 5.74) is 6.24. The van der Waals surface area contributed by atoms with Gasteiger partial charge in [-0.3, -0.25) is 4.79 Å². The van der Waals surface area contributed by atoms with E-state index >= 15 is 0 Å². The van der Waals surface area contributed by atoms with Crippen molar-refractivity contribution in [2.45, 2.75) is 70.3 Å². The first kappa shape index (κ1) is 17.1. The lowest BCUT2D eigenvalue weighted by Crippen LogP contribution is -2.38. The zero-order valence-corrected chi connectivity index (χ0v) is 14.0. The molecule has 122 valence electrons. The highest BCUT2D eigenvalue weighted by atomic mass is 35.5. The second-order valence-corrected chi connectivity index (χ2v) is 7.36. The van der Waals surface area contributed by atoms with E-state index in [-0.39, 0.29) is 12.4 Å². The number of nitrogens with zero attached hydrogens (tertiary/aromatic N) is 1. The maximum atomic E-state index is 12.4. The normalized spacial score (nSPS) is 33.4. The highest BCUT2D eigenvalue weighted by Crippen LogP contribution is 2.36. The first-order valence-electron chi connectivity index (χ1n) is 8.77. The molecule has 0 bridgehead atoms. The van der Waals surface area contributed by atoms with Crippen LogP contribution < -0.4 is 5.73 Å². The smallest absolute Gasteiger partial charge is 0.222 e. The summed E-state index contributed by atoms with van der Waals surface area (Å²) in [7, 11) is 0. The van der Waals surface area contributed by atoms with Gasteiger partial charge in [-0.1, -0.05) is 38.5 Å². The fourth-order valence-electron chi connectivity index (χ4n) is 4.68. The molecule has 1 amide bonds. The number of hydrogen-bond acceptors (Lipinski definition) is 2. The third-order valence-electron chi connectivity index (χ3n) is 6.00. The molecule has 2 aliphatic carbocycles. The van der Waals surface area contributed by atoms with E-state index in [0.717, 1.165) is 38.3 Å². The number of rotatable bonds is 3. The third kappa shape index (κ3) is 4.13. The fraction of sp³-hybridized carbons (Fsp3) is 0.941. The average Bonchev–Trinajstić information content (AvgIpc) is 2.91. The van der Waals surface area contributed by atoms with E-state index in [0.29, 0.717) is 23.8 Å². The molecule has 1 aliphatic heterocycles. The number of hydrogen-bond donors (Lipinski definition) is 1. The van der Waals surface area contributed by atoms with Gasteiger partial charge in [0, 0.05) is 25.6 Å². The Morgan fingerprint density at radius 2 is 1.76 bits per heavy atom. The molecule has 3 nitrogen and oxygen atoms in total. The molecule has 0 radical (unpaired) electrons. The maximum Gasteiger partial charge on any atom is 0.222 e. The van der Waals surface area contributed by atoms with E-state index in [4.69, 9.17) is 5.73 Å². The predicted octanol–water partition coefficient (Wildman–Crippen LogP) is 3.35. The molecule has 1 saturated heterocycles. The van der Waals surface area contributed by atoms with Gasteiger partial charge in [-0.25, -0.2) is 0 Å². The molecule has 0 aromatic carbocycles. The number of halogens is 1. The summed E-state index contributed by atoms with van der Waals surface area (Å²) in [6.45, 7) is 1.93. The fourth-order valence-corrected chi connectivity index (χ4v) is 4.68. The lowest BCUT2D eigenvalue weighted by Gasteiger charge is -2.29. The molecular weight excluding hydrogens is 284 g/mol. The number of carbonyl (C=O) groups is 1. The minimum absolute atomic E-state index is 0. The van der Waals surface area contributed by atoms with Gasteiger partial charge < -0.3 is 10.6 Å². The summed E-state index contributed by atoms with van der Waals surface area (Å²) in [5.74, 6) is 2.50. The second kappa shape index (κ2) is 7.82. The minimum atomic E-state index is 0. The van der Waals surface area contributed by atoms with Crippen molar-refractivity contribution in [3.8, 4) is 0 Å². The standard InChI is InChI=1S/C17H30N2O.ClH/c18-16-8-4-7-14-11-19(12-15(14)16)17(20)10-9-13-5-2-1-3-6-13;/h13-16H,1-12,18H2;1H. The van der Waals surface area contributed by atoms with E-state index in [1.54, 1.807) is 0 Å². The summed E-state index contributed by atoms with van der Waals surface area (Å²) < 4.78 is 0. The van der Waals surface area contributed by atoms with Gasteiger partial charge >= 0.3 is 0 Å². The topological polar surface area (TPSA) is 46.3 Å². The van der Waals surface area contributed by atoms with E-state index in [9.17, 15) is 4.79 Å². The average molecular weight is 315 g/mol. The molecule has 3 atom stereocenters. The lowest BCUT2D eigenvalue weighted by molar-refractivity contribution is -0.130. The van der Waals surface area contributed by atoms with Gasteiger partial charge in [0.05, 0.1) is 0 Å².